The van der Waals surface area contributed by atoms with Crippen LogP contribution in [-0.4, -0.2) is 16.5 Å². The first-order valence-corrected chi connectivity index (χ1v) is 7.30. The van der Waals surface area contributed by atoms with Crippen molar-refractivity contribution in [2.75, 3.05) is 0 Å². The van der Waals surface area contributed by atoms with Gasteiger partial charge in [-0.1, -0.05) is 41.1 Å². The monoisotopic (exact) mass is 310 g/mol. The lowest BCUT2D eigenvalue weighted by atomic mass is 9.76. The molecular formula is C15H19BrO2. The highest BCUT2D eigenvalue weighted by Crippen LogP contribution is 2.33. The largest absolute Gasteiger partial charge is 0.382 e. The fourth-order valence-electron chi connectivity index (χ4n) is 2.50. The van der Waals surface area contributed by atoms with Gasteiger partial charge in [-0.05, 0) is 43.2 Å². The molecule has 2 rings (SSSR count). The molecule has 0 spiro atoms. The van der Waals surface area contributed by atoms with Crippen LogP contribution >= 0.6 is 15.9 Å². The van der Waals surface area contributed by atoms with Gasteiger partial charge in [0.05, 0.1) is 0 Å². The van der Waals surface area contributed by atoms with Crippen LogP contribution in [0.25, 0.3) is 0 Å². The third-order valence-electron chi connectivity index (χ3n) is 3.93. The molecule has 0 unspecified atom stereocenters. The van der Waals surface area contributed by atoms with Gasteiger partial charge in [0.2, 0.25) is 0 Å². The summed E-state index contributed by atoms with van der Waals surface area (Å²) in [5, 5.41) is 10.4. The van der Waals surface area contributed by atoms with Crippen molar-refractivity contribution in [3.63, 3.8) is 0 Å². The zero-order valence-corrected chi connectivity index (χ0v) is 12.2. The van der Waals surface area contributed by atoms with E-state index in [0.717, 1.165) is 22.9 Å². The number of aliphatic hydroxyl groups is 1. The minimum absolute atomic E-state index is 0.0405. The lowest BCUT2D eigenvalue weighted by Gasteiger charge is -2.33. The number of ketones is 1. The van der Waals surface area contributed by atoms with Gasteiger partial charge in [-0.2, -0.15) is 0 Å². The van der Waals surface area contributed by atoms with Gasteiger partial charge in [-0.3, -0.25) is 4.79 Å². The van der Waals surface area contributed by atoms with E-state index in [0.29, 0.717) is 25.2 Å². The van der Waals surface area contributed by atoms with Crippen LogP contribution in [0.5, 0.6) is 0 Å². The fraction of sp³-hybridized carbons (Fsp3) is 0.533. The second kappa shape index (κ2) is 5.54. The average Bonchev–Trinajstić information content (AvgIpc) is 2.36. The van der Waals surface area contributed by atoms with Crippen LogP contribution in [0.3, 0.4) is 0 Å². The Balaban J connectivity index is 2.06. The van der Waals surface area contributed by atoms with Gasteiger partial charge in [0.15, 0.2) is 5.78 Å². The summed E-state index contributed by atoms with van der Waals surface area (Å²) in [7, 11) is 0. The van der Waals surface area contributed by atoms with Gasteiger partial charge >= 0.3 is 0 Å². The Morgan fingerprint density at radius 1 is 1.39 bits per heavy atom. The standard InChI is InChI=1S/C15H19BrO2/c1-11-6-8-15(18,9-7-11)14(17)10-12-4-2-3-5-13(12)16/h2-5,11,18H,6-10H2,1H3. The number of Topliss-reactive ketones (excluding diaryl/α,β-unsaturated/α-hetero) is 1. The smallest absolute Gasteiger partial charge is 0.168 e. The fourth-order valence-corrected chi connectivity index (χ4v) is 2.92. The normalized spacial score (nSPS) is 28.1. The van der Waals surface area contributed by atoms with Gasteiger partial charge in [0.1, 0.15) is 5.60 Å². The molecule has 1 aromatic rings. The zero-order valence-electron chi connectivity index (χ0n) is 10.7. The van der Waals surface area contributed by atoms with E-state index in [1.54, 1.807) is 0 Å². The molecular weight excluding hydrogens is 292 g/mol. The number of carbonyl (C=O) groups excluding carboxylic acids is 1. The maximum Gasteiger partial charge on any atom is 0.168 e. The summed E-state index contributed by atoms with van der Waals surface area (Å²) in [5.41, 5.74) is -0.142. The van der Waals surface area contributed by atoms with Gasteiger partial charge in [0.25, 0.3) is 0 Å². The molecule has 0 amide bonds. The summed E-state index contributed by atoms with van der Waals surface area (Å²) in [4.78, 5) is 12.3. The molecule has 1 saturated carbocycles. The van der Waals surface area contributed by atoms with E-state index in [4.69, 9.17) is 0 Å². The van der Waals surface area contributed by atoms with Crippen molar-refractivity contribution in [3.05, 3.63) is 34.3 Å². The molecule has 98 valence electrons. The van der Waals surface area contributed by atoms with E-state index in [1.807, 2.05) is 24.3 Å². The quantitative estimate of drug-likeness (QED) is 0.927. The van der Waals surface area contributed by atoms with E-state index in [1.165, 1.54) is 0 Å². The third-order valence-corrected chi connectivity index (χ3v) is 4.70. The van der Waals surface area contributed by atoms with Crippen molar-refractivity contribution in [1.29, 1.82) is 0 Å². The first-order chi connectivity index (χ1) is 8.51. The number of hydrogen-bond donors (Lipinski definition) is 1. The van der Waals surface area contributed by atoms with Crippen LogP contribution in [0.15, 0.2) is 28.7 Å². The molecule has 2 nitrogen and oxygen atoms in total. The van der Waals surface area contributed by atoms with Crippen molar-refractivity contribution in [2.24, 2.45) is 5.92 Å². The molecule has 18 heavy (non-hydrogen) atoms. The first kappa shape index (κ1) is 13.8. The summed E-state index contributed by atoms with van der Waals surface area (Å²) in [5.74, 6) is 0.586. The van der Waals surface area contributed by atoms with Crippen molar-refractivity contribution in [2.45, 2.75) is 44.6 Å². The summed E-state index contributed by atoms with van der Waals surface area (Å²) >= 11 is 3.44. The molecule has 1 N–H and O–H groups in total. The summed E-state index contributed by atoms with van der Waals surface area (Å²) in [6, 6.07) is 7.70. The Morgan fingerprint density at radius 3 is 2.61 bits per heavy atom. The van der Waals surface area contributed by atoms with Crippen LogP contribution in [0.1, 0.15) is 38.2 Å². The predicted octanol–water partition coefficient (Wildman–Crippen LogP) is 3.50. The molecule has 1 aliphatic rings. The Labute approximate surface area is 117 Å². The number of rotatable bonds is 3. The highest BCUT2D eigenvalue weighted by molar-refractivity contribution is 9.10. The van der Waals surface area contributed by atoms with E-state index in [2.05, 4.69) is 22.9 Å². The number of halogens is 1. The molecule has 3 heteroatoms. The van der Waals surface area contributed by atoms with E-state index in [9.17, 15) is 9.90 Å². The average molecular weight is 311 g/mol. The lowest BCUT2D eigenvalue weighted by molar-refractivity contribution is -0.140. The summed E-state index contributed by atoms with van der Waals surface area (Å²) in [6.07, 6.45) is 3.41. The predicted molar refractivity (Wildman–Crippen MR) is 75.4 cm³/mol. The molecule has 1 aromatic carbocycles. The second-order valence-corrected chi connectivity index (χ2v) is 6.26. The molecule has 0 atom stereocenters. The van der Waals surface area contributed by atoms with Crippen LogP contribution in [0.2, 0.25) is 0 Å². The maximum absolute atomic E-state index is 12.3. The second-order valence-electron chi connectivity index (χ2n) is 5.41. The summed E-state index contributed by atoms with van der Waals surface area (Å²) < 4.78 is 0.936. The van der Waals surface area contributed by atoms with Crippen LogP contribution < -0.4 is 0 Å². The first-order valence-electron chi connectivity index (χ1n) is 6.50. The van der Waals surface area contributed by atoms with Gasteiger partial charge < -0.3 is 5.11 Å². The SMILES string of the molecule is CC1CCC(O)(C(=O)Cc2ccccc2Br)CC1. The molecule has 0 aromatic heterocycles. The number of hydrogen-bond acceptors (Lipinski definition) is 2. The van der Waals surface area contributed by atoms with Gasteiger partial charge in [-0.25, -0.2) is 0 Å². The van der Waals surface area contributed by atoms with Crippen molar-refractivity contribution in [3.8, 4) is 0 Å². The van der Waals surface area contributed by atoms with E-state index < -0.39 is 5.60 Å². The minimum Gasteiger partial charge on any atom is -0.382 e. The minimum atomic E-state index is -1.10. The Morgan fingerprint density at radius 2 is 2.00 bits per heavy atom. The molecule has 0 aliphatic heterocycles. The lowest BCUT2D eigenvalue weighted by Crippen LogP contribution is -2.42. The van der Waals surface area contributed by atoms with Crippen molar-refractivity contribution < 1.29 is 9.90 Å². The molecule has 1 aliphatic carbocycles. The topological polar surface area (TPSA) is 37.3 Å². The molecule has 0 bridgehead atoms. The van der Waals surface area contributed by atoms with Crippen LogP contribution in [0, 0.1) is 5.92 Å². The maximum atomic E-state index is 12.3. The zero-order chi connectivity index (χ0) is 13.2. The Bertz CT molecular complexity index is 434. The van der Waals surface area contributed by atoms with Crippen LogP contribution in [-0.2, 0) is 11.2 Å². The Kier molecular flexibility index (Phi) is 4.23. The van der Waals surface area contributed by atoms with Crippen LogP contribution in [0.4, 0.5) is 0 Å². The Hall–Kier alpha value is -0.670. The highest BCUT2D eigenvalue weighted by atomic mass is 79.9. The third kappa shape index (κ3) is 3.01. The van der Waals surface area contributed by atoms with E-state index in [-0.39, 0.29) is 5.78 Å². The van der Waals surface area contributed by atoms with Gasteiger partial charge in [-0.15, -0.1) is 0 Å². The van der Waals surface area contributed by atoms with Gasteiger partial charge in [0, 0.05) is 10.9 Å². The van der Waals surface area contributed by atoms with Crippen molar-refractivity contribution >= 4 is 21.7 Å². The number of benzene rings is 1. The molecule has 0 radical (unpaired) electrons. The molecule has 0 saturated heterocycles. The highest BCUT2D eigenvalue weighted by Gasteiger charge is 2.38. The molecule has 1 fully saturated rings. The number of carbonyl (C=O) groups is 1. The molecule has 0 heterocycles. The summed E-state index contributed by atoms with van der Waals surface area (Å²) in [6.45, 7) is 2.18. The van der Waals surface area contributed by atoms with E-state index >= 15 is 0 Å². The van der Waals surface area contributed by atoms with Crippen molar-refractivity contribution in [1.82, 2.24) is 0 Å².